The fourth-order valence-electron chi connectivity index (χ4n) is 3.27. The summed E-state index contributed by atoms with van der Waals surface area (Å²) in [6.07, 6.45) is 6.72. The Morgan fingerprint density at radius 1 is 1.16 bits per heavy atom. The van der Waals surface area contributed by atoms with E-state index in [9.17, 15) is 9.18 Å². The summed E-state index contributed by atoms with van der Waals surface area (Å²) in [5.74, 6) is 0.714. The molecule has 2 bridgehead atoms. The van der Waals surface area contributed by atoms with E-state index in [0.717, 1.165) is 17.6 Å². The number of benzene rings is 1. The van der Waals surface area contributed by atoms with Crippen LogP contribution in [-0.2, 0) is 4.79 Å². The summed E-state index contributed by atoms with van der Waals surface area (Å²) >= 11 is 0. The van der Waals surface area contributed by atoms with Gasteiger partial charge in [0.1, 0.15) is 5.82 Å². The largest absolute Gasteiger partial charge is 0.295 e. The van der Waals surface area contributed by atoms with Gasteiger partial charge in [-0.2, -0.15) is 0 Å². The third-order valence-electron chi connectivity index (χ3n) is 4.66. The Balaban J connectivity index is 1.84. The van der Waals surface area contributed by atoms with E-state index >= 15 is 0 Å². The van der Waals surface area contributed by atoms with Gasteiger partial charge in [-0.25, -0.2) is 4.39 Å². The molecule has 0 aromatic heterocycles. The van der Waals surface area contributed by atoms with Crippen LogP contribution in [0, 0.1) is 23.1 Å². The van der Waals surface area contributed by atoms with Crippen molar-refractivity contribution in [3.05, 3.63) is 53.4 Å². The van der Waals surface area contributed by atoms with Gasteiger partial charge >= 0.3 is 0 Å². The monoisotopic (exact) mass is 256 g/mol. The summed E-state index contributed by atoms with van der Waals surface area (Å²) in [5, 5.41) is 0. The van der Waals surface area contributed by atoms with Gasteiger partial charge in [0.25, 0.3) is 0 Å². The molecule has 1 saturated carbocycles. The maximum Gasteiger partial charge on any atom is 0.159 e. The second-order valence-electron chi connectivity index (χ2n) is 6.09. The molecular weight excluding hydrogens is 239 g/mol. The number of hydrogen-bond donors (Lipinski definition) is 0. The Kier molecular flexibility index (Phi) is 2.70. The number of ketones is 1. The Morgan fingerprint density at radius 3 is 2.42 bits per heavy atom. The first kappa shape index (κ1) is 12.3. The number of carbonyl (C=O) groups excluding carboxylic acids is 1. The van der Waals surface area contributed by atoms with Gasteiger partial charge in [0.05, 0.1) is 0 Å². The Labute approximate surface area is 112 Å². The summed E-state index contributed by atoms with van der Waals surface area (Å²) in [7, 11) is 0. The molecule has 1 aromatic rings. The van der Waals surface area contributed by atoms with Gasteiger partial charge < -0.3 is 0 Å². The van der Waals surface area contributed by atoms with Gasteiger partial charge in [0, 0.05) is 5.92 Å². The number of allylic oxidation sites excluding steroid dienone is 3. The number of rotatable bonds is 2. The highest BCUT2D eigenvalue weighted by molar-refractivity contribution is 5.96. The van der Waals surface area contributed by atoms with Crippen molar-refractivity contribution in [2.45, 2.75) is 20.3 Å². The molecular formula is C17H17FO. The van der Waals surface area contributed by atoms with Crippen LogP contribution in [0.15, 0.2) is 42.0 Å². The summed E-state index contributed by atoms with van der Waals surface area (Å²) in [6, 6.07) is 6.38. The lowest BCUT2D eigenvalue weighted by molar-refractivity contribution is -0.133. The SMILES string of the molecule is CC1(C)[C@@H]2C[C@H]1C(=O)C=C2/C=C/c1ccc(F)cc1. The second-order valence-corrected chi connectivity index (χ2v) is 6.09. The maximum absolute atomic E-state index is 12.8. The smallest absolute Gasteiger partial charge is 0.159 e. The minimum absolute atomic E-state index is 0.0916. The van der Waals surface area contributed by atoms with Crippen LogP contribution in [0.4, 0.5) is 4.39 Å². The first-order valence-electron chi connectivity index (χ1n) is 6.67. The summed E-state index contributed by atoms with van der Waals surface area (Å²) in [5.41, 5.74) is 2.16. The third kappa shape index (κ3) is 1.95. The van der Waals surface area contributed by atoms with Crippen molar-refractivity contribution in [1.29, 1.82) is 0 Å². The highest BCUT2D eigenvalue weighted by Gasteiger charge is 2.54. The Hall–Kier alpha value is -1.70. The highest BCUT2D eigenvalue weighted by atomic mass is 19.1. The van der Waals surface area contributed by atoms with Crippen LogP contribution in [0.5, 0.6) is 0 Å². The Bertz CT molecular complexity index is 578. The number of fused-ring (bicyclic) bond motifs is 1. The number of carbonyl (C=O) groups is 1. The lowest BCUT2D eigenvalue weighted by Crippen LogP contribution is -2.52. The van der Waals surface area contributed by atoms with Crippen molar-refractivity contribution in [1.82, 2.24) is 0 Å². The topological polar surface area (TPSA) is 17.1 Å². The van der Waals surface area contributed by atoms with Crippen molar-refractivity contribution in [3.8, 4) is 0 Å². The molecule has 1 nitrogen and oxygen atoms in total. The molecule has 3 aliphatic rings. The van der Waals surface area contributed by atoms with Crippen LogP contribution < -0.4 is 0 Å². The molecule has 3 aliphatic carbocycles. The molecule has 0 radical (unpaired) electrons. The van der Waals surface area contributed by atoms with E-state index < -0.39 is 0 Å². The minimum atomic E-state index is -0.229. The number of hydrogen-bond acceptors (Lipinski definition) is 1. The van der Waals surface area contributed by atoms with E-state index in [4.69, 9.17) is 0 Å². The van der Waals surface area contributed by atoms with Gasteiger partial charge in [0.2, 0.25) is 0 Å². The average Bonchev–Trinajstić information content (AvgIpc) is 2.37. The molecule has 1 aromatic carbocycles. The summed E-state index contributed by atoms with van der Waals surface area (Å²) in [6.45, 7) is 4.34. The highest BCUT2D eigenvalue weighted by Crippen LogP contribution is 2.58. The maximum atomic E-state index is 12.8. The predicted molar refractivity (Wildman–Crippen MR) is 73.9 cm³/mol. The Morgan fingerprint density at radius 2 is 1.84 bits per heavy atom. The molecule has 4 rings (SSSR count). The fourth-order valence-corrected chi connectivity index (χ4v) is 3.27. The quantitative estimate of drug-likeness (QED) is 0.781. The lowest BCUT2D eigenvalue weighted by Gasteiger charge is -2.54. The average molecular weight is 256 g/mol. The zero-order chi connectivity index (χ0) is 13.6. The third-order valence-corrected chi connectivity index (χ3v) is 4.66. The summed E-state index contributed by atoms with van der Waals surface area (Å²) < 4.78 is 12.8. The lowest BCUT2D eigenvalue weighted by atomic mass is 9.48. The van der Waals surface area contributed by atoms with Crippen LogP contribution in [0.1, 0.15) is 25.8 Å². The molecule has 0 amide bonds. The molecule has 2 heteroatoms. The van der Waals surface area contributed by atoms with Gasteiger partial charge in [0.15, 0.2) is 5.78 Å². The van der Waals surface area contributed by atoms with Gasteiger partial charge in [-0.1, -0.05) is 38.1 Å². The van der Waals surface area contributed by atoms with Crippen molar-refractivity contribution < 1.29 is 9.18 Å². The molecule has 0 N–H and O–H groups in total. The van der Waals surface area contributed by atoms with Crippen molar-refractivity contribution in [2.24, 2.45) is 17.3 Å². The first-order chi connectivity index (χ1) is 8.98. The van der Waals surface area contributed by atoms with Crippen LogP contribution in [0.25, 0.3) is 6.08 Å². The zero-order valence-corrected chi connectivity index (χ0v) is 11.2. The van der Waals surface area contributed by atoms with Crippen LogP contribution in [-0.4, -0.2) is 5.78 Å². The molecule has 0 saturated heterocycles. The normalized spacial score (nSPS) is 28.2. The van der Waals surface area contributed by atoms with Crippen molar-refractivity contribution >= 4 is 11.9 Å². The van der Waals surface area contributed by atoms with Crippen LogP contribution in [0.2, 0.25) is 0 Å². The molecule has 0 spiro atoms. The van der Waals surface area contributed by atoms with E-state index in [1.54, 1.807) is 18.2 Å². The van der Waals surface area contributed by atoms with Crippen LogP contribution in [0.3, 0.4) is 0 Å². The number of halogens is 1. The predicted octanol–water partition coefficient (Wildman–Crippen LogP) is 4.01. The van der Waals surface area contributed by atoms with E-state index in [1.165, 1.54) is 12.1 Å². The van der Waals surface area contributed by atoms with Crippen LogP contribution >= 0.6 is 0 Å². The molecule has 2 atom stereocenters. The molecule has 0 aliphatic heterocycles. The van der Waals surface area contributed by atoms with E-state index in [0.29, 0.717) is 5.92 Å². The standard InChI is InChI=1S/C17H17FO/c1-17(2)14-10-15(17)16(19)9-12(14)6-3-11-4-7-13(18)8-5-11/h3-9,14-15H,10H2,1-2H3/b6-3+/t14-,15+/m1/s1. The molecule has 0 heterocycles. The zero-order valence-electron chi connectivity index (χ0n) is 11.2. The fraction of sp³-hybridized carbons (Fsp3) is 0.353. The molecule has 1 fully saturated rings. The minimum Gasteiger partial charge on any atom is -0.295 e. The molecule has 19 heavy (non-hydrogen) atoms. The van der Waals surface area contributed by atoms with Gasteiger partial charge in [-0.15, -0.1) is 0 Å². The van der Waals surface area contributed by atoms with Crippen molar-refractivity contribution in [3.63, 3.8) is 0 Å². The van der Waals surface area contributed by atoms with Crippen molar-refractivity contribution in [2.75, 3.05) is 0 Å². The molecule has 98 valence electrons. The second kappa shape index (κ2) is 4.16. The van der Waals surface area contributed by atoms with Gasteiger partial charge in [-0.3, -0.25) is 4.79 Å². The first-order valence-corrected chi connectivity index (χ1v) is 6.67. The molecule has 0 unspecified atom stereocenters. The van der Waals surface area contributed by atoms with E-state index in [-0.39, 0.29) is 22.9 Å². The van der Waals surface area contributed by atoms with E-state index in [1.807, 2.05) is 12.2 Å². The summed E-state index contributed by atoms with van der Waals surface area (Å²) in [4.78, 5) is 12.0. The van der Waals surface area contributed by atoms with E-state index in [2.05, 4.69) is 13.8 Å². The van der Waals surface area contributed by atoms with Gasteiger partial charge in [-0.05, 0) is 47.1 Å².